The molecule has 0 bridgehead atoms. The molecule has 0 aliphatic carbocycles. The second-order valence-corrected chi connectivity index (χ2v) is 7.17. The molecule has 1 N–H and O–H groups in total. The van der Waals surface area contributed by atoms with Crippen LogP contribution >= 0.6 is 0 Å². The third-order valence-corrected chi connectivity index (χ3v) is 5.06. The van der Waals surface area contributed by atoms with Gasteiger partial charge in [0.15, 0.2) is 11.5 Å². The number of Topliss-reactive ketones (excluding diaryl/α,β-unsaturated/α-hetero) is 1. The summed E-state index contributed by atoms with van der Waals surface area (Å²) in [5.74, 6) is -1.31. The Bertz CT molecular complexity index is 1070. The number of carbonyl (C=O) groups excluding carboxylic acids is 2. The number of hydrogen-bond donors (Lipinski definition) is 1. The molecule has 1 unspecified atom stereocenters. The van der Waals surface area contributed by atoms with E-state index in [4.69, 9.17) is 4.42 Å². The van der Waals surface area contributed by atoms with Gasteiger partial charge >= 0.3 is 0 Å². The highest BCUT2D eigenvalue weighted by atomic mass is 16.3. The van der Waals surface area contributed by atoms with Gasteiger partial charge in [0.05, 0.1) is 17.9 Å². The Kier molecular flexibility index (Phi) is 4.76. The molecule has 2 aromatic heterocycles. The van der Waals surface area contributed by atoms with Gasteiger partial charge in [0.1, 0.15) is 0 Å². The maximum Gasteiger partial charge on any atom is 0.294 e. The fourth-order valence-corrected chi connectivity index (χ4v) is 3.52. The van der Waals surface area contributed by atoms with Crippen molar-refractivity contribution < 1.29 is 19.1 Å². The second kappa shape index (κ2) is 7.39. The summed E-state index contributed by atoms with van der Waals surface area (Å²) in [5, 5.41) is 10.6. The molecular weight excluding hydrogens is 368 g/mol. The van der Waals surface area contributed by atoms with Crippen LogP contribution in [-0.2, 0) is 4.79 Å². The number of pyridine rings is 1. The van der Waals surface area contributed by atoms with Crippen molar-refractivity contribution in [3.8, 4) is 0 Å². The molecule has 6 heteroatoms. The Morgan fingerprint density at radius 2 is 1.79 bits per heavy atom. The first-order chi connectivity index (χ1) is 14.0. The van der Waals surface area contributed by atoms with Crippen LogP contribution < -0.4 is 4.90 Å². The van der Waals surface area contributed by atoms with Gasteiger partial charge in [-0.2, -0.15) is 0 Å². The van der Waals surface area contributed by atoms with Crippen LogP contribution in [-0.4, -0.2) is 21.8 Å². The Labute approximate surface area is 168 Å². The molecule has 0 fully saturated rings. The summed E-state index contributed by atoms with van der Waals surface area (Å²) in [6, 6.07) is 13.3. The van der Waals surface area contributed by atoms with Gasteiger partial charge in [-0.25, -0.2) is 0 Å². The summed E-state index contributed by atoms with van der Waals surface area (Å²) in [6.45, 7) is 4.17. The first-order valence-electron chi connectivity index (χ1n) is 9.33. The standard InChI is InChI=1S/C23H20N2O4/c1-14(2)15-5-7-17(8-6-15)25-20(16-9-11-24-12-10-16)19(22(27)23(25)28)21(26)18-4-3-13-29-18/h3-14,20,27H,1-2H3. The third-order valence-electron chi connectivity index (χ3n) is 5.06. The van der Waals surface area contributed by atoms with Gasteiger partial charge in [0.2, 0.25) is 5.78 Å². The maximum absolute atomic E-state index is 13.1. The van der Waals surface area contributed by atoms with E-state index in [1.165, 1.54) is 17.2 Å². The van der Waals surface area contributed by atoms with E-state index in [0.29, 0.717) is 17.2 Å². The Morgan fingerprint density at radius 1 is 1.10 bits per heavy atom. The quantitative estimate of drug-likeness (QED) is 0.647. The van der Waals surface area contributed by atoms with Crippen LogP contribution in [0.3, 0.4) is 0 Å². The largest absolute Gasteiger partial charge is 0.503 e. The average molecular weight is 388 g/mol. The van der Waals surface area contributed by atoms with Gasteiger partial charge in [-0.3, -0.25) is 19.5 Å². The van der Waals surface area contributed by atoms with E-state index < -0.39 is 23.5 Å². The molecule has 1 aromatic carbocycles. The molecule has 0 saturated carbocycles. The number of aliphatic hydroxyl groups is 1. The smallest absolute Gasteiger partial charge is 0.294 e. The van der Waals surface area contributed by atoms with Gasteiger partial charge in [-0.15, -0.1) is 0 Å². The zero-order valence-electron chi connectivity index (χ0n) is 16.1. The predicted molar refractivity (Wildman–Crippen MR) is 108 cm³/mol. The van der Waals surface area contributed by atoms with Gasteiger partial charge in [-0.1, -0.05) is 26.0 Å². The molecule has 1 aliphatic rings. The van der Waals surface area contributed by atoms with E-state index >= 15 is 0 Å². The summed E-state index contributed by atoms with van der Waals surface area (Å²) >= 11 is 0. The lowest BCUT2D eigenvalue weighted by molar-refractivity contribution is -0.117. The normalized spacial score (nSPS) is 16.7. The molecule has 29 heavy (non-hydrogen) atoms. The molecule has 0 radical (unpaired) electrons. The van der Waals surface area contributed by atoms with Crippen LogP contribution in [0.25, 0.3) is 0 Å². The predicted octanol–water partition coefficient (Wildman–Crippen LogP) is 4.58. The number of rotatable bonds is 5. The molecule has 0 saturated heterocycles. The molecular formula is C23H20N2O4. The lowest BCUT2D eigenvalue weighted by Gasteiger charge is -2.27. The van der Waals surface area contributed by atoms with Crippen molar-refractivity contribution in [3.05, 3.63) is 95.4 Å². The molecule has 3 heterocycles. The number of carbonyl (C=O) groups is 2. The summed E-state index contributed by atoms with van der Waals surface area (Å²) in [7, 11) is 0. The van der Waals surface area contributed by atoms with Crippen LogP contribution in [0.1, 0.15) is 47.5 Å². The highest BCUT2D eigenvalue weighted by Crippen LogP contribution is 2.42. The number of aliphatic hydroxyl groups excluding tert-OH is 1. The zero-order chi connectivity index (χ0) is 20.5. The van der Waals surface area contributed by atoms with E-state index in [1.54, 1.807) is 30.6 Å². The van der Waals surface area contributed by atoms with Crippen LogP contribution in [0.15, 0.2) is 82.9 Å². The van der Waals surface area contributed by atoms with Crippen LogP contribution in [0.5, 0.6) is 0 Å². The fourth-order valence-electron chi connectivity index (χ4n) is 3.52. The molecule has 146 valence electrons. The Hall–Kier alpha value is -3.67. The molecule has 4 rings (SSSR count). The average Bonchev–Trinajstić information content (AvgIpc) is 3.36. The number of nitrogens with zero attached hydrogens (tertiary/aromatic N) is 2. The van der Waals surface area contributed by atoms with E-state index in [0.717, 1.165) is 5.56 Å². The van der Waals surface area contributed by atoms with Crippen molar-refractivity contribution in [3.63, 3.8) is 0 Å². The fraction of sp³-hybridized carbons (Fsp3) is 0.174. The SMILES string of the molecule is CC(C)c1ccc(N2C(=O)C(O)=C(C(=O)c3ccco3)C2c2ccncc2)cc1. The van der Waals surface area contributed by atoms with E-state index in [1.807, 2.05) is 24.3 Å². The number of furan rings is 1. The number of hydrogen-bond acceptors (Lipinski definition) is 5. The summed E-state index contributed by atoms with van der Waals surface area (Å²) in [6.07, 6.45) is 4.56. The first-order valence-corrected chi connectivity index (χ1v) is 9.33. The number of anilines is 1. The highest BCUT2D eigenvalue weighted by molar-refractivity contribution is 6.20. The highest BCUT2D eigenvalue weighted by Gasteiger charge is 2.45. The van der Waals surface area contributed by atoms with Crippen molar-refractivity contribution >= 4 is 17.4 Å². The van der Waals surface area contributed by atoms with Crippen molar-refractivity contribution in [2.75, 3.05) is 4.90 Å². The minimum atomic E-state index is -0.784. The van der Waals surface area contributed by atoms with E-state index in [9.17, 15) is 14.7 Å². The van der Waals surface area contributed by atoms with Gasteiger partial charge in [0.25, 0.3) is 5.91 Å². The molecule has 1 amide bonds. The third kappa shape index (κ3) is 3.23. The summed E-state index contributed by atoms with van der Waals surface area (Å²) < 4.78 is 5.22. The Morgan fingerprint density at radius 3 is 2.38 bits per heavy atom. The van der Waals surface area contributed by atoms with Crippen molar-refractivity contribution in [1.29, 1.82) is 0 Å². The van der Waals surface area contributed by atoms with Crippen LogP contribution in [0.2, 0.25) is 0 Å². The molecule has 3 aromatic rings. The van der Waals surface area contributed by atoms with Gasteiger partial charge in [0, 0.05) is 18.1 Å². The number of ketones is 1. The van der Waals surface area contributed by atoms with Gasteiger partial charge in [-0.05, 0) is 53.4 Å². The maximum atomic E-state index is 13.1. The number of benzene rings is 1. The summed E-state index contributed by atoms with van der Waals surface area (Å²) in [4.78, 5) is 31.5. The van der Waals surface area contributed by atoms with E-state index in [2.05, 4.69) is 18.8 Å². The second-order valence-electron chi connectivity index (χ2n) is 7.17. The first kappa shape index (κ1) is 18.7. The molecule has 1 atom stereocenters. The van der Waals surface area contributed by atoms with Crippen molar-refractivity contribution in [2.24, 2.45) is 0 Å². The lowest BCUT2D eigenvalue weighted by Crippen LogP contribution is -2.31. The minimum Gasteiger partial charge on any atom is -0.503 e. The molecule has 6 nitrogen and oxygen atoms in total. The van der Waals surface area contributed by atoms with Gasteiger partial charge < -0.3 is 9.52 Å². The monoisotopic (exact) mass is 388 g/mol. The topological polar surface area (TPSA) is 83.6 Å². The number of aromatic nitrogens is 1. The van der Waals surface area contributed by atoms with Crippen molar-refractivity contribution in [2.45, 2.75) is 25.8 Å². The molecule has 1 aliphatic heterocycles. The Balaban J connectivity index is 1.83. The molecule has 0 spiro atoms. The lowest BCUT2D eigenvalue weighted by atomic mass is 9.95. The minimum absolute atomic E-state index is 0.0101. The van der Waals surface area contributed by atoms with Crippen LogP contribution in [0.4, 0.5) is 5.69 Å². The summed E-state index contributed by atoms with van der Waals surface area (Å²) in [5.41, 5.74) is 2.38. The van der Waals surface area contributed by atoms with Crippen molar-refractivity contribution in [1.82, 2.24) is 4.98 Å². The number of amides is 1. The zero-order valence-corrected chi connectivity index (χ0v) is 16.1. The van der Waals surface area contributed by atoms with E-state index in [-0.39, 0.29) is 11.3 Å². The van der Waals surface area contributed by atoms with Crippen LogP contribution in [0, 0.1) is 0 Å².